The first-order valence-corrected chi connectivity index (χ1v) is 36.3. The third-order valence-electron chi connectivity index (χ3n) is 26.1. The molecular weight excluding hydrogens is 1130 g/mol. The Morgan fingerprint density at radius 2 is 0.629 bits per heavy atom. The van der Waals surface area contributed by atoms with Crippen LogP contribution in [0.4, 0.5) is 0 Å². The van der Waals surface area contributed by atoms with Crippen LogP contribution in [-0.4, -0.2) is 5.11 Å². The number of hydrogen-bond acceptors (Lipinski definition) is 4. The molecule has 0 bridgehead atoms. The molecule has 1 N–H and O–H groups in total. The van der Waals surface area contributed by atoms with E-state index in [4.69, 9.17) is 0 Å². The van der Waals surface area contributed by atoms with Gasteiger partial charge in [-0.3, -0.25) is 0 Å². The lowest BCUT2D eigenvalue weighted by Crippen LogP contribution is -2.59. The summed E-state index contributed by atoms with van der Waals surface area (Å²) in [5.41, 5.74) is 27.3. The molecule has 6 aliphatic carbocycles. The standard InChI is InChI=1S/C85H88OS3/c1-14-81(15-2)37-18-38-82(16-3,17-4)85(81)65-43-51(5)19-29-59(65)64-34-26-57(48-70(64)85)74-50-76-75(89-74)49-73(88-76)56-25-33-63-61-31-23-54(45-67(61)84(69(63)47-56)79(10,11)41-42-80(84,12)13)53-22-30-60-62-32-24-55(72-36-35-71(87-72)52-20-27-58(86)28-21-52)46-68(62)83(66(60)44-53)77(6,7)39-40-78(83,8)9/h19-36,43-50,86H,14-18,37-42H2,1-13H3. The summed E-state index contributed by atoms with van der Waals surface area (Å²) >= 11 is 5.84. The number of phenols is 1. The molecule has 3 spiro atoms. The molecule has 3 fully saturated rings. The molecular formula is C85H88OS3. The molecule has 0 amide bonds. The number of fused-ring (bicyclic) bond motifs is 16. The topological polar surface area (TPSA) is 20.2 Å². The quantitative estimate of drug-likeness (QED) is 0.153. The first kappa shape index (κ1) is 57.8. The molecule has 16 rings (SSSR count). The zero-order valence-corrected chi connectivity index (χ0v) is 57.4. The monoisotopic (exact) mass is 1220 g/mol. The second kappa shape index (κ2) is 19.4. The lowest BCUT2D eigenvalue weighted by atomic mass is 9.39. The Balaban J connectivity index is 0.769. The fourth-order valence-electron chi connectivity index (χ4n) is 22.2. The zero-order chi connectivity index (χ0) is 61.8. The largest absolute Gasteiger partial charge is 0.508 e. The summed E-state index contributed by atoms with van der Waals surface area (Å²) in [4.78, 5) is 5.27. The SMILES string of the molecule is CCC1(CC)CCCC(CC)(CC)C12c1cc(C)ccc1-c1ccc(-c3cc4sc(-c5ccc6c(c5)C5(c7cc(-c8ccc9c(c8)C8(c%10cc(-c%11ccc(-c%12ccc(O)cc%12)s%11)ccc%10-9)C(C)(C)CCC8(C)C)ccc7-6)C(C)(C)CCC5(C)C)cc4s3)cc12. The van der Waals surface area contributed by atoms with Crippen molar-refractivity contribution in [2.24, 2.45) is 32.5 Å². The van der Waals surface area contributed by atoms with Gasteiger partial charge in [-0.1, -0.05) is 174 Å². The number of aromatic hydroxyl groups is 1. The fraction of sp³-hybridized carbons (Fsp3) is 0.388. The molecule has 6 aliphatic rings. The van der Waals surface area contributed by atoms with Gasteiger partial charge in [0, 0.05) is 45.2 Å². The molecule has 3 heterocycles. The summed E-state index contributed by atoms with van der Waals surface area (Å²) in [5, 5.41) is 10.0. The van der Waals surface area contributed by atoms with Crippen molar-refractivity contribution in [3.63, 3.8) is 0 Å². The molecule has 0 radical (unpaired) electrons. The van der Waals surface area contributed by atoms with Crippen LogP contribution in [0.15, 0.2) is 158 Å². The Hall–Kier alpha value is -6.30. The van der Waals surface area contributed by atoms with Crippen LogP contribution >= 0.6 is 34.0 Å². The average molecular weight is 1220 g/mol. The highest BCUT2D eigenvalue weighted by Gasteiger charge is 2.68. The normalized spacial score (nSPS) is 20.5. The molecule has 452 valence electrons. The maximum atomic E-state index is 10.0. The minimum atomic E-state index is -0.176. The Bertz CT molecular complexity index is 4480. The van der Waals surface area contributed by atoms with Gasteiger partial charge in [-0.2, -0.15) is 0 Å². The van der Waals surface area contributed by atoms with Crippen LogP contribution in [-0.2, 0) is 16.2 Å². The molecule has 7 aromatic carbocycles. The van der Waals surface area contributed by atoms with Gasteiger partial charge >= 0.3 is 0 Å². The Kier molecular flexibility index (Phi) is 12.6. The molecule has 0 aliphatic heterocycles. The molecule has 0 saturated heterocycles. The minimum Gasteiger partial charge on any atom is -0.508 e. The zero-order valence-electron chi connectivity index (χ0n) is 55.0. The van der Waals surface area contributed by atoms with Gasteiger partial charge < -0.3 is 5.11 Å². The first-order chi connectivity index (χ1) is 42.6. The van der Waals surface area contributed by atoms with E-state index >= 15 is 0 Å². The van der Waals surface area contributed by atoms with Crippen molar-refractivity contribution in [1.29, 1.82) is 0 Å². The maximum Gasteiger partial charge on any atom is 0.115 e. The van der Waals surface area contributed by atoms with Crippen molar-refractivity contribution in [2.45, 2.75) is 177 Å². The van der Waals surface area contributed by atoms with Crippen LogP contribution in [0.25, 0.3) is 95.7 Å². The number of hydrogen-bond donors (Lipinski definition) is 1. The Morgan fingerprint density at radius 3 is 1.02 bits per heavy atom. The van der Waals surface area contributed by atoms with Gasteiger partial charge in [0.2, 0.25) is 0 Å². The highest BCUT2D eigenvalue weighted by Crippen LogP contribution is 2.76. The van der Waals surface area contributed by atoms with E-state index in [-0.39, 0.29) is 48.7 Å². The lowest BCUT2D eigenvalue weighted by molar-refractivity contribution is -0.0508. The van der Waals surface area contributed by atoms with E-state index in [1.54, 1.807) is 23.3 Å². The molecule has 3 saturated carbocycles. The Morgan fingerprint density at radius 1 is 0.315 bits per heavy atom. The molecule has 10 aromatic rings. The van der Waals surface area contributed by atoms with Gasteiger partial charge in [-0.05, 0) is 283 Å². The molecule has 89 heavy (non-hydrogen) atoms. The van der Waals surface area contributed by atoms with Crippen molar-refractivity contribution in [3.8, 4) is 92.0 Å². The molecule has 1 nitrogen and oxygen atoms in total. The van der Waals surface area contributed by atoms with Gasteiger partial charge in [0.25, 0.3) is 0 Å². The summed E-state index contributed by atoms with van der Waals surface area (Å²) in [6.45, 7) is 33.0. The van der Waals surface area contributed by atoms with Crippen LogP contribution in [0.2, 0.25) is 0 Å². The second-order valence-electron chi connectivity index (χ2n) is 31.1. The lowest BCUT2D eigenvalue weighted by Gasteiger charge is -2.64. The number of thiophene rings is 3. The predicted octanol–water partition coefficient (Wildman–Crippen LogP) is 25.7. The van der Waals surface area contributed by atoms with Gasteiger partial charge in [-0.15, -0.1) is 34.0 Å². The summed E-state index contributed by atoms with van der Waals surface area (Å²) in [7, 11) is 0. The van der Waals surface area contributed by atoms with E-state index < -0.39 is 0 Å². The van der Waals surface area contributed by atoms with Crippen LogP contribution in [0, 0.1) is 39.4 Å². The molecule has 4 heteroatoms. The van der Waals surface area contributed by atoms with Gasteiger partial charge in [0.15, 0.2) is 0 Å². The first-order valence-electron chi connectivity index (χ1n) is 33.9. The van der Waals surface area contributed by atoms with Gasteiger partial charge in [-0.25, -0.2) is 0 Å². The van der Waals surface area contributed by atoms with E-state index in [1.165, 1.54) is 189 Å². The van der Waals surface area contributed by atoms with Crippen molar-refractivity contribution < 1.29 is 5.11 Å². The number of rotatable bonds is 9. The summed E-state index contributed by atoms with van der Waals surface area (Å²) < 4.78 is 2.80. The fourth-order valence-corrected chi connectivity index (χ4v) is 25.6. The predicted molar refractivity (Wildman–Crippen MR) is 383 cm³/mol. The van der Waals surface area contributed by atoms with Crippen molar-refractivity contribution in [2.75, 3.05) is 0 Å². The van der Waals surface area contributed by atoms with Crippen LogP contribution in [0.5, 0.6) is 5.75 Å². The van der Waals surface area contributed by atoms with Crippen molar-refractivity contribution >= 4 is 43.4 Å². The van der Waals surface area contributed by atoms with Gasteiger partial charge in [0.05, 0.1) is 0 Å². The molecule has 0 unspecified atom stereocenters. The Labute approximate surface area is 542 Å². The number of phenolic OH excluding ortho intramolecular Hbond substituents is 1. The van der Waals surface area contributed by atoms with E-state index in [9.17, 15) is 5.11 Å². The number of benzene rings is 7. The van der Waals surface area contributed by atoms with E-state index in [0.717, 1.165) is 5.56 Å². The maximum absolute atomic E-state index is 10.0. The minimum absolute atomic E-state index is 0.0171. The van der Waals surface area contributed by atoms with Gasteiger partial charge in [0.1, 0.15) is 5.75 Å². The van der Waals surface area contributed by atoms with Crippen LogP contribution < -0.4 is 0 Å². The van der Waals surface area contributed by atoms with Crippen molar-refractivity contribution in [3.05, 3.63) is 197 Å². The van der Waals surface area contributed by atoms with E-state index in [2.05, 4.69) is 223 Å². The molecule has 0 atom stereocenters. The summed E-state index contributed by atoms with van der Waals surface area (Å²) in [6.07, 6.45) is 13.5. The third kappa shape index (κ3) is 7.30. The van der Waals surface area contributed by atoms with E-state index in [0.29, 0.717) is 5.75 Å². The van der Waals surface area contributed by atoms with Crippen molar-refractivity contribution in [1.82, 2.24) is 0 Å². The van der Waals surface area contributed by atoms with E-state index in [1.807, 2.05) is 46.1 Å². The number of aryl methyl sites for hydroxylation is 1. The second-order valence-corrected chi connectivity index (χ2v) is 34.4. The molecule has 3 aromatic heterocycles. The summed E-state index contributed by atoms with van der Waals surface area (Å²) in [6, 6.07) is 62.6. The van der Waals surface area contributed by atoms with Crippen LogP contribution in [0.3, 0.4) is 0 Å². The average Bonchev–Trinajstić information content (AvgIpc) is 1.56. The highest BCUT2D eigenvalue weighted by atomic mass is 32.1. The third-order valence-corrected chi connectivity index (χ3v) is 29.7. The smallest absolute Gasteiger partial charge is 0.115 e. The summed E-state index contributed by atoms with van der Waals surface area (Å²) in [5.74, 6) is 0.300. The van der Waals surface area contributed by atoms with Crippen LogP contribution in [0.1, 0.15) is 193 Å². The highest BCUT2D eigenvalue weighted by molar-refractivity contribution is 7.31.